The fourth-order valence-corrected chi connectivity index (χ4v) is 1.28. The lowest BCUT2D eigenvalue weighted by molar-refractivity contribution is -0.136. The molecule has 0 bridgehead atoms. The van der Waals surface area contributed by atoms with Gasteiger partial charge in [0.05, 0.1) is 6.61 Å². The van der Waals surface area contributed by atoms with Gasteiger partial charge >= 0.3 is 0 Å². The molecule has 12 heavy (non-hydrogen) atoms. The summed E-state index contributed by atoms with van der Waals surface area (Å²) in [7, 11) is 1.59. The Hall–Kier alpha value is -0.690. The number of nitrogens with zero attached hydrogens (tertiary/aromatic N) is 2. The molecule has 1 amide bonds. The third kappa shape index (κ3) is 1.29. The van der Waals surface area contributed by atoms with Crippen molar-refractivity contribution in [2.24, 2.45) is 11.5 Å². The fourth-order valence-electron chi connectivity index (χ4n) is 1.28. The molecule has 1 fully saturated rings. The van der Waals surface area contributed by atoms with E-state index in [1.807, 2.05) is 0 Å². The predicted octanol–water partition coefficient (Wildman–Crippen LogP) is -2.72. The lowest BCUT2D eigenvalue weighted by atomic mass is 10.2. The monoisotopic (exact) mass is 174 g/mol. The van der Waals surface area contributed by atoms with E-state index in [0.717, 1.165) is 0 Å². The lowest BCUT2D eigenvalue weighted by Crippen LogP contribution is -2.49. The van der Waals surface area contributed by atoms with Crippen LogP contribution < -0.4 is 11.5 Å². The van der Waals surface area contributed by atoms with Gasteiger partial charge in [-0.25, -0.2) is 0 Å². The van der Waals surface area contributed by atoms with Crippen molar-refractivity contribution in [2.75, 3.05) is 20.2 Å². The van der Waals surface area contributed by atoms with Crippen molar-refractivity contribution in [3.63, 3.8) is 0 Å². The van der Waals surface area contributed by atoms with Gasteiger partial charge in [-0.1, -0.05) is 0 Å². The summed E-state index contributed by atoms with van der Waals surface area (Å²) in [5.41, 5.74) is 11.1. The number of hydrazine groups is 1. The number of aliphatic hydroxyl groups excluding tert-OH is 1. The van der Waals surface area contributed by atoms with E-state index in [1.54, 1.807) is 12.1 Å². The van der Waals surface area contributed by atoms with Gasteiger partial charge in [-0.05, 0) is 0 Å². The molecule has 2 unspecified atom stereocenters. The molecule has 0 aliphatic carbocycles. The van der Waals surface area contributed by atoms with Gasteiger partial charge in [0.15, 0.2) is 0 Å². The van der Waals surface area contributed by atoms with Crippen molar-refractivity contribution in [2.45, 2.75) is 12.2 Å². The van der Waals surface area contributed by atoms with E-state index in [-0.39, 0.29) is 12.5 Å². The number of amides is 1. The minimum Gasteiger partial charge on any atom is -0.395 e. The van der Waals surface area contributed by atoms with Gasteiger partial charge in [-0.2, -0.15) is 5.01 Å². The highest BCUT2D eigenvalue weighted by Crippen LogP contribution is 2.12. The summed E-state index contributed by atoms with van der Waals surface area (Å²) in [5.74, 6) is -0.212. The summed E-state index contributed by atoms with van der Waals surface area (Å²) in [6.07, 6.45) is -0.519. The third-order valence-electron chi connectivity index (χ3n) is 2.03. The van der Waals surface area contributed by atoms with E-state index in [1.165, 1.54) is 5.01 Å². The zero-order valence-electron chi connectivity index (χ0n) is 6.97. The molecule has 0 aromatic heterocycles. The Bertz CT molecular complexity index is 186. The summed E-state index contributed by atoms with van der Waals surface area (Å²) in [6, 6.07) is -0.679. The first kappa shape index (κ1) is 9.40. The SMILES string of the molecule is CN1C(=O)C(N)C(N)N1CCO. The number of nitrogens with two attached hydrogens (primary N) is 2. The molecule has 0 aromatic rings. The number of likely N-dealkylation sites (N-methyl/N-ethyl adjacent to an activating group) is 1. The van der Waals surface area contributed by atoms with Crippen LogP contribution in [-0.4, -0.2) is 53.4 Å². The average molecular weight is 174 g/mol. The van der Waals surface area contributed by atoms with Crippen LogP contribution in [0.2, 0.25) is 0 Å². The van der Waals surface area contributed by atoms with Crippen molar-refractivity contribution in [1.82, 2.24) is 10.0 Å². The molecular weight excluding hydrogens is 160 g/mol. The molecule has 0 radical (unpaired) electrons. The van der Waals surface area contributed by atoms with Crippen LogP contribution in [0.15, 0.2) is 0 Å². The number of carbonyl (C=O) groups is 1. The second-order valence-corrected chi connectivity index (χ2v) is 2.76. The van der Waals surface area contributed by atoms with Gasteiger partial charge in [0, 0.05) is 13.6 Å². The van der Waals surface area contributed by atoms with Gasteiger partial charge < -0.3 is 16.6 Å². The first-order chi connectivity index (χ1) is 5.59. The quantitative estimate of drug-likeness (QED) is 0.422. The van der Waals surface area contributed by atoms with Crippen LogP contribution >= 0.6 is 0 Å². The zero-order valence-corrected chi connectivity index (χ0v) is 6.97. The third-order valence-corrected chi connectivity index (χ3v) is 2.03. The Labute approximate surface area is 70.7 Å². The topological polar surface area (TPSA) is 95.8 Å². The molecule has 6 nitrogen and oxygen atoms in total. The van der Waals surface area contributed by atoms with E-state index in [2.05, 4.69) is 0 Å². The molecule has 0 aromatic carbocycles. The number of carbonyl (C=O) groups excluding carboxylic acids is 1. The molecule has 6 heteroatoms. The molecule has 5 N–H and O–H groups in total. The van der Waals surface area contributed by atoms with Crippen LogP contribution in [0, 0.1) is 0 Å². The Morgan fingerprint density at radius 2 is 2.17 bits per heavy atom. The Balaban J connectivity index is 2.69. The molecule has 0 spiro atoms. The molecule has 2 atom stereocenters. The smallest absolute Gasteiger partial charge is 0.256 e. The van der Waals surface area contributed by atoms with Gasteiger partial charge in [-0.15, -0.1) is 0 Å². The minimum atomic E-state index is -0.679. The predicted molar refractivity (Wildman–Crippen MR) is 42.5 cm³/mol. The fraction of sp³-hybridized carbons (Fsp3) is 0.833. The maximum atomic E-state index is 11.2. The summed E-state index contributed by atoms with van der Waals surface area (Å²) >= 11 is 0. The molecule has 1 aliphatic heterocycles. The van der Waals surface area contributed by atoms with Crippen molar-refractivity contribution in [1.29, 1.82) is 0 Å². The first-order valence-electron chi connectivity index (χ1n) is 3.75. The minimum absolute atomic E-state index is 0.0436. The highest BCUT2D eigenvalue weighted by molar-refractivity contribution is 5.83. The normalized spacial score (nSPS) is 31.7. The van der Waals surface area contributed by atoms with Gasteiger partial charge in [0.25, 0.3) is 5.91 Å². The van der Waals surface area contributed by atoms with Crippen molar-refractivity contribution < 1.29 is 9.90 Å². The Morgan fingerprint density at radius 1 is 1.58 bits per heavy atom. The summed E-state index contributed by atoms with van der Waals surface area (Å²) < 4.78 is 0. The van der Waals surface area contributed by atoms with E-state index < -0.39 is 12.2 Å². The van der Waals surface area contributed by atoms with E-state index in [0.29, 0.717) is 6.54 Å². The second kappa shape index (κ2) is 3.36. The first-order valence-corrected chi connectivity index (χ1v) is 3.75. The van der Waals surface area contributed by atoms with Crippen LogP contribution in [0.4, 0.5) is 0 Å². The molecular formula is C6H14N4O2. The summed E-state index contributed by atoms with van der Waals surface area (Å²) in [5, 5.41) is 11.6. The molecule has 70 valence electrons. The zero-order chi connectivity index (χ0) is 9.30. The molecule has 1 aliphatic rings. The number of aliphatic hydroxyl groups is 1. The van der Waals surface area contributed by atoms with Crippen molar-refractivity contribution in [3.8, 4) is 0 Å². The molecule has 1 rings (SSSR count). The van der Waals surface area contributed by atoms with Crippen LogP contribution in [0.25, 0.3) is 0 Å². The maximum absolute atomic E-state index is 11.2. The highest BCUT2D eigenvalue weighted by atomic mass is 16.3. The van der Waals surface area contributed by atoms with Crippen molar-refractivity contribution >= 4 is 5.91 Å². The van der Waals surface area contributed by atoms with Crippen LogP contribution in [0.3, 0.4) is 0 Å². The number of β-amino-alcohol motifs (C(OH)–C–C–N with tert-alkyl or cyclic N) is 1. The second-order valence-electron chi connectivity index (χ2n) is 2.76. The number of hydrogen-bond donors (Lipinski definition) is 3. The van der Waals surface area contributed by atoms with Crippen LogP contribution in [0.5, 0.6) is 0 Å². The Kier molecular flexibility index (Phi) is 2.63. The highest BCUT2D eigenvalue weighted by Gasteiger charge is 2.39. The van der Waals surface area contributed by atoms with Gasteiger partial charge in [0.2, 0.25) is 0 Å². The molecule has 0 saturated carbocycles. The maximum Gasteiger partial charge on any atom is 0.256 e. The molecule has 1 saturated heterocycles. The van der Waals surface area contributed by atoms with E-state index >= 15 is 0 Å². The number of rotatable bonds is 2. The van der Waals surface area contributed by atoms with Crippen LogP contribution in [0.1, 0.15) is 0 Å². The lowest BCUT2D eigenvalue weighted by Gasteiger charge is -2.25. The number of hydrogen-bond acceptors (Lipinski definition) is 5. The van der Waals surface area contributed by atoms with Gasteiger partial charge in [-0.3, -0.25) is 9.80 Å². The average Bonchev–Trinajstić information content (AvgIpc) is 2.23. The molecule has 1 heterocycles. The van der Waals surface area contributed by atoms with Crippen molar-refractivity contribution in [3.05, 3.63) is 0 Å². The van der Waals surface area contributed by atoms with Gasteiger partial charge in [0.1, 0.15) is 12.2 Å². The largest absolute Gasteiger partial charge is 0.395 e. The standard InChI is InChI=1S/C6H14N4O2/c1-9-6(12)4(7)5(8)10(9)2-3-11/h4-5,11H,2-3,7-8H2,1H3. The Morgan fingerprint density at radius 3 is 2.50 bits per heavy atom. The summed E-state index contributed by atoms with van der Waals surface area (Å²) in [4.78, 5) is 11.2. The van der Waals surface area contributed by atoms with Crippen LogP contribution in [-0.2, 0) is 4.79 Å². The van der Waals surface area contributed by atoms with E-state index in [9.17, 15) is 4.79 Å². The summed E-state index contributed by atoms with van der Waals surface area (Å²) in [6.45, 7) is 0.287. The van der Waals surface area contributed by atoms with E-state index in [4.69, 9.17) is 16.6 Å².